The molecule has 0 saturated heterocycles. The summed E-state index contributed by atoms with van der Waals surface area (Å²) in [7, 11) is 0.328. The van der Waals surface area contributed by atoms with Crippen LogP contribution in [-0.2, 0) is 20.4 Å². The highest BCUT2D eigenvalue weighted by Crippen LogP contribution is 2.36. The average molecular weight is 307 g/mol. The van der Waals surface area contributed by atoms with Gasteiger partial charge in [-0.1, -0.05) is 49.6 Å². The Kier molecular flexibility index (Phi) is 6.62. The van der Waals surface area contributed by atoms with Crippen LogP contribution in [0.2, 0.25) is 0 Å². The zero-order chi connectivity index (χ0) is 15.1. The van der Waals surface area contributed by atoms with Crippen LogP contribution in [0, 0.1) is 5.92 Å². The largest absolute Gasteiger partial charge is 0.460 e. The molecular weight excluding hydrogens is 280 g/mol. The quantitative estimate of drug-likeness (QED) is 0.591. The predicted octanol–water partition coefficient (Wildman–Crippen LogP) is 3.77. The van der Waals surface area contributed by atoms with Crippen LogP contribution in [0.5, 0.6) is 0 Å². The SMILES string of the molecule is C[S+](C)CCOC(=O)C(c1ccccc1)C1CCCCC1. The van der Waals surface area contributed by atoms with Gasteiger partial charge in [0.25, 0.3) is 0 Å². The molecule has 1 saturated carbocycles. The predicted molar refractivity (Wildman–Crippen MR) is 90.8 cm³/mol. The van der Waals surface area contributed by atoms with E-state index in [4.69, 9.17) is 4.74 Å². The van der Waals surface area contributed by atoms with Crippen molar-refractivity contribution in [3.05, 3.63) is 35.9 Å². The summed E-state index contributed by atoms with van der Waals surface area (Å²) >= 11 is 0. The standard InChI is InChI=1S/C18H27O2S/c1-21(2)14-13-20-18(19)17(15-9-5-3-6-10-15)16-11-7-4-8-12-16/h3,5-6,9-10,16-17H,4,7-8,11-14H2,1-2H3/q+1. The molecule has 0 amide bonds. The Bertz CT molecular complexity index is 424. The number of hydrogen-bond donors (Lipinski definition) is 0. The normalized spacial score (nSPS) is 17.7. The molecule has 1 unspecified atom stereocenters. The van der Waals surface area contributed by atoms with Crippen molar-refractivity contribution >= 4 is 16.9 Å². The van der Waals surface area contributed by atoms with Crippen molar-refractivity contribution in [2.24, 2.45) is 5.92 Å². The lowest BCUT2D eigenvalue weighted by molar-refractivity contribution is -0.146. The molecule has 0 aromatic heterocycles. The highest BCUT2D eigenvalue weighted by molar-refractivity contribution is 7.95. The first kappa shape index (κ1) is 16.4. The molecule has 1 aliphatic rings. The van der Waals surface area contributed by atoms with E-state index >= 15 is 0 Å². The summed E-state index contributed by atoms with van der Waals surface area (Å²) in [6.07, 6.45) is 10.5. The number of rotatable bonds is 6. The van der Waals surface area contributed by atoms with Gasteiger partial charge >= 0.3 is 5.97 Å². The van der Waals surface area contributed by atoms with Gasteiger partial charge in [-0.15, -0.1) is 0 Å². The molecule has 0 heterocycles. The van der Waals surface area contributed by atoms with Gasteiger partial charge in [0.1, 0.15) is 12.4 Å². The number of carbonyl (C=O) groups excluding carboxylic acids is 1. The second-order valence-corrected chi connectivity index (χ2v) is 8.52. The van der Waals surface area contributed by atoms with Gasteiger partial charge in [0.2, 0.25) is 0 Å². The zero-order valence-electron chi connectivity index (χ0n) is 13.2. The number of esters is 1. The fraction of sp³-hybridized carbons (Fsp3) is 0.611. The first-order valence-corrected chi connectivity index (χ1v) is 10.2. The molecule has 1 atom stereocenters. The van der Waals surface area contributed by atoms with E-state index in [1.165, 1.54) is 19.3 Å². The highest BCUT2D eigenvalue weighted by atomic mass is 32.2. The number of carbonyl (C=O) groups is 1. The van der Waals surface area contributed by atoms with Gasteiger partial charge in [-0.2, -0.15) is 0 Å². The third-order valence-corrected chi connectivity index (χ3v) is 5.25. The summed E-state index contributed by atoms with van der Waals surface area (Å²) in [5.41, 5.74) is 1.13. The zero-order valence-corrected chi connectivity index (χ0v) is 14.0. The third kappa shape index (κ3) is 5.06. The lowest BCUT2D eigenvalue weighted by Crippen LogP contribution is -2.27. The first-order valence-electron chi connectivity index (χ1n) is 7.94. The van der Waals surface area contributed by atoms with Crippen LogP contribution >= 0.6 is 0 Å². The summed E-state index contributed by atoms with van der Waals surface area (Å²) in [5.74, 6) is 1.34. The van der Waals surface area contributed by atoms with E-state index in [2.05, 4.69) is 24.6 Å². The minimum atomic E-state index is -0.0676. The molecule has 116 valence electrons. The average Bonchev–Trinajstić information content (AvgIpc) is 2.49. The molecule has 0 aliphatic heterocycles. The highest BCUT2D eigenvalue weighted by Gasteiger charge is 2.32. The maximum Gasteiger partial charge on any atom is 0.313 e. The Morgan fingerprint density at radius 1 is 1.19 bits per heavy atom. The smallest absolute Gasteiger partial charge is 0.313 e. The third-order valence-electron chi connectivity index (χ3n) is 4.27. The Labute approximate surface area is 131 Å². The maximum atomic E-state index is 12.6. The van der Waals surface area contributed by atoms with E-state index < -0.39 is 0 Å². The second-order valence-electron chi connectivity index (χ2n) is 6.14. The Morgan fingerprint density at radius 2 is 1.86 bits per heavy atom. The van der Waals surface area contributed by atoms with Crippen molar-refractivity contribution in [1.82, 2.24) is 0 Å². The van der Waals surface area contributed by atoms with Crippen LogP contribution in [0.4, 0.5) is 0 Å². The molecule has 21 heavy (non-hydrogen) atoms. The molecule has 1 aromatic rings. The molecule has 0 radical (unpaired) electrons. The van der Waals surface area contributed by atoms with Crippen LogP contribution in [0.3, 0.4) is 0 Å². The van der Waals surface area contributed by atoms with E-state index in [1.807, 2.05) is 18.2 Å². The number of ether oxygens (including phenoxy) is 1. The Morgan fingerprint density at radius 3 is 2.48 bits per heavy atom. The molecule has 0 bridgehead atoms. The molecular formula is C18H27O2S+. The van der Waals surface area contributed by atoms with Gasteiger partial charge in [0, 0.05) is 0 Å². The summed E-state index contributed by atoms with van der Waals surface area (Å²) < 4.78 is 5.59. The molecule has 1 aliphatic carbocycles. The van der Waals surface area contributed by atoms with Crippen molar-refractivity contribution in [1.29, 1.82) is 0 Å². The van der Waals surface area contributed by atoms with Crippen LogP contribution in [0.1, 0.15) is 43.6 Å². The molecule has 0 N–H and O–H groups in total. The molecule has 2 rings (SSSR count). The van der Waals surface area contributed by atoms with Crippen molar-refractivity contribution < 1.29 is 9.53 Å². The van der Waals surface area contributed by atoms with Gasteiger partial charge in [-0.3, -0.25) is 4.79 Å². The first-order chi connectivity index (χ1) is 10.2. The van der Waals surface area contributed by atoms with Gasteiger partial charge < -0.3 is 4.74 Å². The van der Waals surface area contributed by atoms with Gasteiger partial charge in [0.15, 0.2) is 0 Å². The van der Waals surface area contributed by atoms with E-state index in [9.17, 15) is 4.79 Å². The topological polar surface area (TPSA) is 26.3 Å². The van der Waals surface area contributed by atoms with Crippen molar-refractivity contribution in [3.63, 3.8) is 0 Å². The summed E-state index contributed by atoms with van der Waals surface area (Å²) in [6.45, 7) is 0.561. The fourth-order valence-electron chi connectivity index (χ4n) is 3.13. The summed E-state index contributed by atoms with van der Waals surface area (Å²) in [6, 6.07) is 10.2. The molecule has 3 heteroatoms. The van der Waals surface area contributed by atoms with E-state index in [0.29, 0.717) is 23.4 Å². The molecule has 2 nitrogen and oxygen atoms in total. The monoisotopic (exact) mass is 307 g/mol. The van der Waals surface area contributed by atoms with Gasteiger partial charge in [-0.25, -0.2) is 0 Å². The Hall–Kier alpha value is -0.960. The summed E-state index contributed by atoms with van der Waals surface area (Å²) in [4.78, 5) is 12.6. The fourth-order valence-corrected chi connectivity index (χ4v) is 3.54. The molecule has 1 fully saturated rings. The van der Waals surface area contributed by atoms with Crippen LogP contribution in [-0.4, -0.2) is 30.8 Å². The lowest BCUT2D eigenvalue weighted by atomic mass is 9.77. The van der Waals surface area contributed by atoms with Crippen molar-refractivity contribution in [2.75, 3.05) is 24.9 Å². The second kappa shape index (κ2) is 8.47. The summed E-state index contributed by atoms with van der Waals surface area (Å²) in [5, 5.41) is 0. The lowest BCUT2D eigenvalue weighted by Gasteiger charge is -2.29. The molecule has 0 spiro atoms. The van der Waals surface area contributed by atoms with Crippen LogP contribution < -0.4 is 0 Å². The molecule has 1 aromatic carbocycles. The van der Waals surface area contributed by atoms with E-state index in [0.717, 1.165) is 24.2 Å². The van der Waals surface area contributed by atoms with Gasteiger partial charge in [0.05, 0.1) is 18.4 Å². The van der Waals surface area contributed by atoms with Crippen LogP contribution in [0.15, 0.2) is 30.3 Å². The maximum absolute atomic E-state index is 12.6. The van der Waals surface area contributed by atoms with Crippen molar-refractivity contribution in [3.8, 4) is 0 Å². The van der Waals surface area contributed by atoms with E-state index in [-0.39, 0.29) is 11.9 Å². The van der Waals surface area contributed by atoms with E-state index in [1.54, 1.807) is 0 Å². The Balaban J connectivity index is 2.06. The van der Waals surface area contributed by atoms with Crippen molar-refractivity contribution in [2.45, 2.75) is 38.0 Å². The van der Waals surface area contributed by atoms with Gasteiger partial charge in [-0.05, 0) is 35.2 Å². The minimum Gasteiger partial charge on any atom is -0.460 e. The van der Waals surface area contributed by atoms with Crippen LogP contribution in [0.25, 0.3) is 0 Å². The number of benzene rings is 1. The minimum absolute atomic E-state index is 0.0152. The number of hydrogen-bond acceptors (Lipinski definition) is 2.